The van der Waals surface area contributed by atoms with Crippen LogP contribution < -0.4 is 0 Å². The fourth-order valence-corrected chi connectivity index (χ4v) is 1.95. The third kappa shape index (κ3) is 2.21. The minimum absolute atomic E-state index is 0.350. The van der Waals surface area contributed by atoms with Crippen molar-refractivity contribution in [3.63, 3.8) is 0 Å². The zero-order chi connectivity index (χ0) is 10.8. The highest BCUT2D eigenvalue weighted by molar-refractivity contribution is 9.10. The molecule has 1 aromatic carbocycles. The zero-order valence-corrected chi connectivity index (χ0v) is 10.4. The molecule has 0 spiro atoms. The second-order valence-corrected chi connectivity index (χ2v) is 4.38. The number of alkyl halides is 1. The number of aromatic nitrogens is 3. The smallest absolute Gasteiger partial charge is 0.181 e. The Kier molecular flexibility index (Phi) is 3.07. The number of nitrogens with zero attached hydrogens (tertiary/aromatic N) is 2. The van der Waals surface area contributed by atoms with Gasteiger partial charge in [0.05, 0.1) is 5.88 Å². The highest BCUT2D eigenvalue weighted by Crippen LogP contribution is 2.23. The number of aryl methyl sites for hydroxylation is 1. The van der Waals surface area contributed by atoms with Crippen LogP contribution in [0, 0.1) is 6.92 Å². The molecular weight excluding hydrogens is 277 g/mol. The Morgan fingerprint density at radius 3 is 2.87 bits per heavy atom. The Morgan fingerprint density at radius 2 is 2.27 bits per heavy atom. The van der Waals surface area contributed by atoms with E-state index in [9.17, 15) is 0 Å². The molecule has 3 nitrogen and oxygen atoms in total. The molecule has 2 aromatic rings. The Balaban J connectivity index is 2.44. The summed E-state index contributed by atoms with van der Waals surface area (Å²) in [4.78, 5) is 4.28. The van der Waals surface area contributed by atoms with Crippen LogP contribution in [0.4, 0.5) is 0 Å². The van der Waals surface area contributed by atoms with Gasteiger partial charge in [-0.2, -0.15) is 5.10 Å². The van der Waals surface area contributed by atoms with Crippen molar-refractivity contribution in [3.05, 3.63) is 34.1 Å². The van der Waals surface area contributed by atoms with E-state index in [1.165, 1.54) is 0 Å². The molecule has 0 aliphatic heterocycles. The van der Waals surface area contributed by atoms with E-state index < -0.39 is 0 Å². The van der Waals surface area contributed by atoms with Gasteiger partial charge in [0.2, 0.25) is 0 Å². The van der Waals surface area contributed by atoms with Crippen molar-refractivity contribution >= 4 is 27.5 Å². The van der Waals surface area contributed by atoms with E-state index in [-0.39, 0.29) is 0 Å². The van der Waals surface area contributed by atoms with E-state index >= 15 is 0 Å². The van der Waals surface area contributed by atoms with Gasteiger partial charge in [-0.3, -0.25) is 5.10 Å². The number of halogens is 2. The normalized spacial score (nSPS) is 10.6. The average Bonchev–Trinajstić information content (AvgIpc) is 2.66. The lowest BCUT2D eigenvalue weighted by Crippen LogP contribution is -1.85. The van der Waals surface area contributed by atoms with Crippen molar-refractivity contribution in [2.45, 2.75) is 12.8 Å². The van der Waals surface area contributed by atoms with E-state index in [2.05, 4.69) is 31.1 Å². The molecule has 78 valence electrons. The SMILES string of the molecule is Cc1cc(Br)ccc1-c1n[nH]c(CCl)n1. The zero-order valence-electron chi connectivity index (χ0n) is 8.09. The van der Waals surface area contributed by atoms with Crippen LogP contribution in [0.3, 0.4) is 0 Å². The Bertz CT molecular complexity index is 481. The molecule has 0 aliphatic carbocycles. The molecule has 0 atom stereocenters. The number of benzene rings is 1. The summed E-state index contributed by atoms with van der Waals surface area (Å²) in [5.74, 6) is 1.73. The van der Waals surface area contributed by atoms with E-state index in [1.807, 2.05) is 25.1 Å². The first-order valence-electron chi connectivity index (χ1n) is 4.44. The van der Waals surface area contributed by atoms with Gasteiger partial charge in [0, 0.05) is 10.0 Å². The molecule has 0 unspecified atom stereocenters. The average molecular weight is 287 g/mol. The molecule has 0 saturated carbocycles. The molecule has 0 bridgehead atoms. The summed E-state index contributed by atoms with van der Waals surface area (Å²) >= 11 is 9.07. The Morgan fingerprint density at radius 1 is 1.47 bits per heavy atom. The number of nitrogens with one attached hydrogen (secondary N) is 1. The lowest BCUT2D eigenvalue weighted by Gasteiger charge is -2.01. The van der Waals surface area contributed by atoms with Gasteiger partial charge in [0.25, 0.3) is 0 Å². The third-order valence-corrected chi connectivity index (χ3v) is 2.83. The second-order valence-electron chi connectivity index (χ2n) is 3.20. The maximum atomic E-state index is 5.65. The molecule has 0 saturated heterocycles. The Labute approximate surface area is 101 Å². The molecule has 0 aliphatic rings. The number of H-pyrrole nitrogens is 1. The molecule has 5 heteroatoms. The van der Waals surface area contributed by atoms with Gasteiger partial charge < -0.3 is 0 Å². The van der Waals surface area contributed by atoms with Gasteiger partial charge in [-0.05, 0) is 30.7 Å². The highest BCUT2D eigenvalue weighted by Gasteiger charge is 2.07. The third-order valence-electron chi connectivity index (χ3n) is 2.09. The lowest BCUT2D eigenvalue weighted by molar-refractivity contribution is 1.02. The second kappa shape index (κ2) is 4.33. The van der Waals surface area contributed by atoms with Crippen LogP contribution in [0.1, 0.15) is 11.4 Å². The first kappa shape index (κ1) is 10.6. The molecule has 1 N–H and O–H groups in total. The van der Waals surface area contributed by atoms with Gasteiger partial charge in [0.1, 0.15) is 5.82 Å². The van der Waals surface area contributed by atoms with Gasteiger partial charge in [-0.25, -0.2) is 4.98 Å². The summed E-state index contributed by atoms with van der Waals surface area (Å²) in [7, 11) is 0. The monoisotopic (exact) mass is 285 g/mol. The molecule has 1 heterocycles. The van der Waals surface area contributed by atoms with Gasteiger partial charge in [-0.15, -0.1) is 11.6 Å². The van der Waals surface area contributed by atoms with Crippen molar-refractivity contribution in [2.75, 3.05) is 0 Å². The number of rotatable bonds is 2. The van der Waals surface area contributed by atoms with Crippen LogP contribution in [-0.2, 0) is 5.88 Å². The Hall–Kier alpha value is -0.870. The maximum absolute atomic E-state index is 5.65. The van der Waals surface area contributed by atoms with Crippen molar-refractivity contribution < 1.29 is 0 Å². The molecule has 15 heavy (non-hydrogen) atoms. The van der Waals surface area contributed by atoms with Crippen LogP contribution >= 0.6 is 27.5 Å². The lowest BCUT2D eigenvalue weighted by atomic mass is 10.1. The molecule has 0 fully saturated rings. The van der Waals surface area contributed by atoms with Crippen molar-refractivity contribution in [1.29, 1.82) is 0 Å². The van der Waals surface area contributed by atoms with Crippen LogP contribution in [0.5, 0.6) is 0 Å². The van der Waals surface area contributed by atoms with Crippen molar-refractivity contribution in [1.82, 2.24) is 15.2 Å². The van der Waals surface area contributed by atoms with Crippen LogP contribution in [0.25, 0.3) is 11.4 Å². The first-order valence-corrected chi connectivity index (χ1v) is 5.77. The van der Waals surface area contributed by atoms with Crippen LogP contribution in [0.2, 0.25) is 0 Å². The van der Waals surface area contributed by atoms with E-state index in [4.69, 9.17) is 11.6 Å². The minimum atomic E-state index is 0.350. The van der Waals surface area contributed by atoms with Gasteiger partial charge in [0.15, 0.2) is 5.82 Å². The van der Waals surface area contributed by atoms with Gasteiger partial charge in [-0.1, -0.05) is 15.9 Å². The fraction of sp³-hybridized carbons (Fsp3) is 0.200. The van der Waals surface area contributed by atoms with Crippen LogP contribution in [0.15, 0.2) is 22.7 Å². The predicted octanol–water partition coefficient (Wildman–Crippen LogP) is 3.28. The van der Waals surface area contributed by atoms with E-state index in [1.54, 1.807) is 0 Å². The van der Waals surface area contributed by atoms with Gasteiger partial charge >= 0.3 is 0 Å². The molecular formula is C10H9BrClN3. The highest BCUT2D eigenvalue weighted by atomic mass is 79.9. The van der Waals surface area contributed by atoms with Crippen molar-refractivity contribution in [3.8, 4) is 11.4 Å². The maximum Gasteiger partial charge on any atom is 0.181 e. The number of aromatic amines is 1. The molecule has 1 aromatic heterocycles. The summed E-state index contributed by atoms with van der Waals surface area (Å²) in [5, 5.41) is 6.90. The largest absolute Gasteiger partial charge is 0.262 e. The summed E-state index contributed by atoms with van der Waals surface area (Å²) < 4.78 is 1.05. The topological polar surface area (TPSA) is 41.6 Å². The van der Waals surface area contributed by atoms with E-state index in [0.29, 0.717) is 17.5 Å². The number of hydrogen-bond donors (Lipinski definition) is 1. The summed E-state index contributed by atoms with van der Waals surface area (Å²) in [6.45, 7) is 2.02. The predicted molar refractivity (Wildman–Crippen MR) is 63.8 cm³/mol. The molecule has 0 radical (unpaired) electrons. The summed E-state index contributed by atoms with van der Waals surface area (Å²) in [6.07, 6.45) is 0. The van der Waals surface area contributed by atoms with Crippen molar-refractivity contribution in [2.24, 2.45) is 0 Å². The minimum Gasteiger partial charge on any atom is -0.262 e. The molecule has 0 amide bonds. The first-order chi connectivity index (χ1) is 7.20. The quantitative estimate of drug-likeness (QED) is 0.861. The number of hydrogen-bond acceptors (Lipinski definition) is 2. The fourth-order valence-electron chi connectivity index (χ4n) is 1.35. The van der Waals surface area contributed by atoms with Crippen LogP contribution in [-0.4, -0.2) is 15.2 Å². The van der Waals surface area contributed by atoms with E-state index in [0.717, 1.165) is 15.6 Å². The standard InChI is InChI=1S/C10H9BrClN3/c1-6-4-7(11)2-3-8(6)10-13-9(5-12)14-15-10/h2-4H,5H2,1H3,(H,13,14,15). The summed E-state index contributed by atoms with van der Waals surface area (Å²) in [6, 6.07) is 5.99. The summed E-state index contributed by atoms with van der Waals surface area (Å²) in [5.41, 5.74) is 2.15. The molecule has 2 rings (SSSR count).